The number of nitrogens with zero attached hydrogens (tertiary/aromatic N) is 3. The number of carbonyl (C=O) groups excluding carboxylic acids is 1. The molecule has 1 aromatic heterocycles. The van der Waals surface area contributed by atoms with E-state index in [-0.39, 0.29) is 11.4 Å². The van der Waals surface area contributed by atoms with Gasteiger partial charge >= 0.3 is 0 Å². The minimum absolute atomic E-state index is 0.154. The highest BCUT2D eigenvalue weighted by atomic mass is 19.2. The Kier molecular flexibility index (Phi) is 4.98. The molecule has 0 fully saturated rings. The SMILES string of the molecule is CCN(CC)c1cc(C(=O)Nc2ccc(F)c(F)c2)ncn1. The first-order valence-electron chi connectivity index (χ1n) is 6.88. The molecule has 0 atom stereocenters. The Morgan fingerprint density at radius 3 is 2.50 bits per heavy atom. The molecular weight excluding hydrogens is 290 g/mol. The van der Waals surface area contributed by atoms with E-state index >= 15 is 0 Å². The molecule has 0 unspecified atom stereocenters. The molecule has 116 valence electrons. The number of nitrogens with one attached hydrogen (secondary N) is 1. The van der Waals surface area contributed by atoms with Gasteiger partial charge in [0.05, 0.1) is 0 Å². The van der Waals surface area contributed by atoms with Crippen LogP contribution in [0.15, 0.2) is 30.6 Å². The van der Waals surface area contributed by atoms with Gasteiger partial charge in [0, 0.05) is 30.9 Å². The highest BCUT2D eigenvalue weighted by molar-refractivity contribution is 6.03. The number of hydrogen-bond acceptors (Lipinski definition) is 4. The van der Waals surface area contributed by atoms with E-state index in [0.717, 1.165) is 25.2 Å². The highest BCUT2D eigenvalue weighted by Gasteiger charge is 2.12. The van der Waals surface area contributed by atoms with Crippen molar-refractivity contribution in [1.82, 2.24) is 9.97 Å². The molecule has 0 spiro atoms. The van der Waals surface area contributed by atoms with Crippen molar-refractivity contribution in [3.05, 3.63) is 47.9 Å². The molecule has 1 amide bonds. The molecule has 0 aliphatic carbocycles. The van der Waals surface area contributed by atoms with Crippen molar-refractivity contribution < 1.29 is 13.6 Å². The van der Waals surface area contributed by atoms with Crippen LogP contribution in [0.1, 0.15) is 24.3 Å². The fourth-order valence-electron chi connectivity index (χ4n) is 1.96. The molecule has 0 aliphatic rings. The summed E-state index contributed by atoms with van der Waals surface area (Å²) in [6, 6.07) is 4.71. The van der Waals surface area contributed by atoms with Crippen LogP contribution in [0, 0.1) is 11.6 Å². The Labute approximate surface area is 127 Å². The second kappa shape index (κ2) is 6.93. The summed E-state index contributed by atoms with van der Waals surface area (Å²) in [6.07, 6.45) is 1.30. The highest BCUT2D eigenvalue weighted by Crippen LogP contribution is 2.15. The van der Waals surface area contributed by atoms with Crippen molar-refractivity contribution in [3.8, 4) is 0 Å². The lowest BCUT2D eigenvalue weighted by Gasteiger charge is -2.19. The van der Waals surface area contributed by atoms with E-state index < -0.39 is 17.5 Å². The van der Waals surface area contributed by atoms with Crippen LogP contribution < -0.4 is 10.2 Å². The maximum Gasteiger partial charge on any atom is 0.274 e. The van der Waals surface area contributed by atoms with E-state index in [0.29, 0.717) is 5.82 Å². The minimum Gasteiger partial charge on any atom is -0.357 e. The van der Waals surface area contributed by atoms with Crippen molar-refractivity contribution >= 4 is 17.4 Å². The second-order valence-electron chi connectivity index (χ2n) is 4.52. The third-order valence-electron chi connectivity index (χ3n) is 3.15. The smallest absolute Gasteiger partial charge is 0.274 e. The first kappa shape index (κ1) is 15.8. The summed E-state index contributed by atoms with van der Waals surface area (Å²) >= 11 is 0. The Morgan fingerprint density at radius 1 is 1.14 bits per heavy atom. The number of amides is 1. The third kappa shape index (κ3) is 3.55. The van der Waals surface area contributed by atoms with E-state index in [1.807, 2.05) is 18.7 Å². The normalized spacial score (nSPS) is 10.4. The predicted molar refractivity (Wildman–Crippen MR) is 79.9 cm³/mol. The largest absolute Gasteiger partial charge is 0.357 e. The fraction of sp³-hybridized carbons (Fsp3) is 0.267. The summed E-state index contributed by atoms with van der Waals surface area (Å²) in [7, 11) is 0. The average molecular weight is 306 g/mol. The van der Waals surface area contributed by atoms with Gasteiger partial charge in [0.25, 0.3) is 5.91 Å². The quantitative estimate of drug-likeness (QED) is 0.923. The molecule has 0 bridgehead atoms. The van der Waals surface area contributed by atoms with Crippen LogP contribution in [0.25, 0.3) is 0 Å². The standard InChI is InChI=1S/C15H16F2N4O/c1-3-21(4-2)14-8-13(18-9-19-14)15(22)20-10-5-6-11(16)12(17)7-10/h5-9H,3-4H2,1-2H3,(H,20,22). The zero-order valence-corrected chi connectivity index (χ0v) is 12.3. The van der Waals surface area contributed by atoms with Crippen LogP contribution in [0.3, 0.4) is 0 Å². The Bertz CT molecular complexity index is 674. The first-order chi connectivity index (χ1) is 10.5. The Balaban J connectivity index is 2.18. The van der Waals surface area contributed by atoms with Crippen molar-refractivity contribution in [2.24, 2.45) is 0 Å². The van der Waals surface area contributed by atoms with Crippen LogP contribution in [0.4, 0.5) is 20.3 Å². The van der Waals surface area contributed by atoms with E-state index in [2.05, 4.69) is 15.3 Å². The molecule has 22 heavy (non-hydrogen) atoms. The zero-order chi connectivity index (χ0) is 16.1. The number of aromatic nitrogens is 2. The first-order valence-corrected chi connectivity index (χ1v) is 6.88. The zero-order valence-electron chi connectivity index (χ0n) is 12.3. The average Bonchev–Trinajstić information content (AvgIpc) is 2.52. The van der Waals surface area contributed by atoms with E-state index in [1.165, 1.54) is 12.4 Å². The summed E-state index contributed by atoms with van der Waals surface area (Å²) < 4.78 is 26.0. The van der Waals surface area contributed by atoms with Crippen molar-refractivity contribution in [1.29, 1.82) is 0 Å². The fourth-order valence-corrected chi connectivity index (χ4v) is 1.96. The lowest BCUT2D eigenvalue weighted by Crippen LogP contribution is -2.24. The van der Waals surface area contributed by atoms with E-state index in [4.69, 9.17) is 0 Å². The molecule has 0 saturated heterocycles. The van der Waals surface area contributed by atoms with Crippen molar-refractivity contribution in [2.75, 3.05) is 23.3 Å². The number of benzene rings is 1. The van der Waals surface area contributed by atoms with Gasteiger partial charge in [0.1, 0.15) is 17.8 Å². The maximum atomic E-state index is 13.1. The summed E-state index contributed by atoms with van der Waals surface area (Å²) in [5.74, 6) is -1.87. The van der Waals surface area contributed by atoms with Crippen LogP contribution in [0.5, 0.6) is 0 Å². The molecule has 0 aliphatic heterocycles. The van der Waals surface area contributed by atoms with Crippen LogP contribution in [-0.4, -0.2) is 29.0 Å². The predicted octanol–water partition coefficient (Wildman–Crippen LogP) is 2.85. The van der Waals surface area contributed by atoms with Crippen molar-refractivity contribution in [3.63, 3.8) is 0 Å². The van der Waals surface area contributed by atoms with Gasteiger partial charge in [-0.2, -0.15) is 0 Å². The number of carbonyl (C=O) groups is 1. The van der Waals surface area contributed by atoms with Gasteiger partial charge in [-0.3, -0.25) is 4.79 Å². The topological polar surface area (TPSA) is 58.1 Å². The van der Waals surface area contributed by atoms with Gasteiger partial charge in [0.15, 0.2) is 11.6 Å². The molecular formula is C15H16F2N4O. The Hall–Kier alpha value is -2.57. The summed E-state index contributed by atoms with van der Waals surface area (Å²) in [6.45, 7) is 5.45. The number of hydrogen-bond donors (Lipinski definition) is 1. The van der Waals surface area contributed by atoms with Gasteiger partial charge in [-0.15, -0.1) is 0 Å². The molecule has 2 aromatic rings. The number of anilines is 2. The maximum absolute atomic E-state index is 13.1. The summed E-state index contributed by atoms with van der Waals surface area (Å²) in [5.41, 5.74) is 0.313. The molecule has 1 heterocycles. The molecule has 5 nitrogen and oxygen atoms in total. The molecule has 7 heteroatoms. The lowest BCUT2D eigenvalue weighted by molar-refractivity contribution is 0.102. The Morgan fingerprint density at radius 2 is 1.86 bits per heavy atom. The van der Waals surface area contributed by atoms with Gasteiger partial charge in [-0.1, -0.05) is 0 Å². The molecule has 0 saturated carbocycles. The van der Waals surface area contributed by atoms with Gasteiger partial charge in [-0.25, -0.2) is 18.7 Å². The molecule has 2 rings (SSSR count). The van der Waals surface area contributed by atoms with Crippen LogP contribution in [0.2, 0.25) is 0 Å². The van der Waals surface area contributed by atoms with Gasteiger partial charge < -0.3 is 10.2 Å². The molecule has 1 aromatic carbocycles. The number of rotatable bonds is 5. The van der Waals surface area contributed by atoms with E-state index in [1.54, 1.807) is 6.07 Å². The third-order valence-corrected chi connectivity index (χ3v) is 3.15. The summed E-state index contributed by atoms with van der Waals surface area (Å²) in [4.78, 5) is 22.1. The summed E-state index contributed by atoms with van der Waals surface area (Å²) in [5, 5.41) is 2.47. The van der Waals surface area contributed by atoms with Gasteiger partial charge in [-0.05, 0) is 26.0 Å². The second-order valence-corrected chi connectivity index (χ2v) is 4.52. The van der Waals surface area contributed by atoms with Crippen LogP contribution in [-0.2, 0) is 0 Å². The molecule has 0 radical (unpaired) electrons. The molecule has 1 N–H and O–H groups in total. The monoisotopic (exact) mass is 306 g/mol. The lowest BCUT2D eigenvalue weighted by atomic mass is 10.2. The van der Waals surface area contributed by atoms with Gasteiger partial charge in [0.2, 0.25) is 0 Å². The van der Waals surface area contributed by atoms with E-state index in [9.17, 15) is 13.6 Å². The number of halogens is 2. The minimum atomic E-state index is -1.02. The van der Waals surface area contributed by atoms with Crippen LogP contribution >= 0.6 is 0 Å². The van der Waals surface area contributed by atoms with Crippen molar-refractivity contribution in [2.45, 2.75) is 13.8 Å².